The molecule has 0 spiro atoms. The summed E-state index contributed by atoms with van der Waals surface area (Å²) in [5.41, 5.74) is 1.47. The lowest BCUT2D eigenvalue weighted by molar-refractivity contribution is -0.148. The summed E-state index contributed by atoms with van der Waals surface area (Å²) >= 11 is 0. The summed E-state index contributed by atoms with van der Waals surface area (Å²) in [5.74, 6) is -0.905. The molecule has 1 amide bonds. The van der Waals surface area contributed by atoms with Crippen molar-refractivity contribution < 1.29 is 27.8 Å². The molecule has 0 aliphatic heterocycles. The Hall–Kier alpha value is -2.96. The van der Waals surface area contributed by atoms with Crippen LogP contribution in [0, 0.1) is 0 Å². The monoisotopic (exact) mass is 363 g/mol. The largest absolute Gasteiger partial charge is 0.456 e. The Bertz CT molecular complexity index is 720. The highest BCUT2D eigenvalue weighted by molar-refractivity contribution is 5.81. The predicted octanol–water partition coefficient (Wildman–Crippen LogP) is 3.45. The van der Waals surface area contributed by atoms with Crippen LogP contribution in [0.4, 0.5) is 8.78 Å². The van der Waals surface area contributed by atoms with Gasteiger partial charge >= 0.3 is 12.6 Å². The lowest BCUT2D eigenvalue weighted by atomic mass is 9.98. The molecule has 0 unspecified atom stereocenters. The summed E-state index contributed by atoms with van der Waals surface area (Å²) in [6, 6.07) is 14.6. The van der Waals surface area contributed by atoms with Crippen LogP contribution in [0.5, 0.6) is 5.75 Å². The number of rotatable bonds is 8. The first kappa shape index (κ1) is 19.4. The van der Waals surface area contributed by atoms with Gasteiger partial charge < -0.3 is 14.8 Å². The standard InChI is InChI=1S/C19H19F2NO4/c1-2-17(24)25-12-16(23)22-18(13-6-4-3-5-7-13)14-8-10-15(11-9-14)26-19(20)21/h3-11,18-19H,2,12H2,1H3,(H,22,23)/t18-/m1/s1. The highest BCUT2D eigenvalue weighted by Gasteiger charge is 2.18. The molecule has 2 aromatic carbocycles. The van der Waals surface area contributed by atoms with Crippen LogP contribution in [0.2, 0.25) is 0 Å². The fourth-order valence-corrected chi connectivity index (χ4v) is 2.30. The third-order valence-electron chi connectivity index (χ3n) is 3.53. The van der Waals surface area contributed by atoms with Gasteiger partial charge in [0.1, 0.15) is 5.75 Å². The van der Waals surface area contributed by atoms with Gasteiger partial charge in [0.15, 0.2) is 6.61 Å². The maximum absolute atomic E-state index is 12.3. The van der Waals surface area contributed by atoms with Crippen molar-refractivity contribution in [3.05, 3.63) is 65.7 Å². The molecule has 1 N–H and O–H groups in total. The normalized spacial score (nSPS) is 11.7. The Morgan fingerprint density at radius 2 is 1.62 bits per heavy atom. The van der Waals surface area contributed by atoms with Crippen LogP contribution >= 0.6 is 0 Å². The number of hydrogen-bond acceptors (Lipinski definition) is 4. The highest BCUT2D eigenvalue weighted by atomic mass is 19.3. The van der Waals surface area contributed by atoms with Gasteiger partial charge in [-0.2, -0.15) is 8.78 Å². The molecule has 138 valence electrons. The Labute approximate surface area is 149 Å². The molecule has 0 saturated heterocycles. The van der Waals surface area contributed by atoms with E-state index in [9.17, 15) is 18.4 Å². The lowest BCUT2D eigenvalue weighted by Gasteiger charge is -2.20. The molecule has 0 fully saturated rings. The van der Waals surface area contributed by atoms with E-state index in [1.54, 1.807) is 19.1 Å². The zero-order chi connectivity index (χ0) is 18.9. The summed E-state index contributed by atoms with van der Waals surface area (Å²) in [6.07, 6.45) is 0.182. The van der Waals surface area contributed by atoms with Crippen molar-refractivity contribution >= 4 is 11.9 Å². The van der Waals surface area contributed by atoms with Crippen LogP contribution in [0.25, 0.3) is 0 Å². The molecule has 2 aromatic rings. The van der Waals surface area contributed by atoms with E-state index in [2.05, 4.69) is 10.1 Å². The Balaban J connectivity index is 2.16. The van der Waals surface area contributed by atoms with E-state index in [1.807, 2.05) is 30.3 Å². The fourth-order valence-electron chi connectivity index (χ4n) is 2.30. The number of alkyl halides is 2. The van der Waals surface area contributed by atoms with Crippen molar-refractivity contribution in [3.63, 3.8) is 0 Å². The maximum atomic E-state index is 12.3. The summed E-state index contributed by atoms with van der Waals surface area (Å²) in [7, 11) is 0. The lowest BCUT2D eigenvalue weighted by Crippen LogP contribution is -2.33. The van der Waals surface area contributed by atoms with Gasteiger partial charge in [0, 0.05) is 6.42 Å². The fraction of sp³-hybridized carbons (Fsp3) is 0.263. The van der Waals surface area contributed by atoms with Crippen LogP contribution in [0.3, 0.4) is 0 Å². The van der Waals surface area contributed by atoms with Gasteiger partial charge in [-0.15, -0.1) is 0 Å². The molecule has 5 nitrogen and oxygen atoms in total. The van der Waals surface area contributed by atoms with E-state index in [0.29, 0.717) is 5.56 Å². The van der Waals surface area contributed by atoms with E-state index in [0.717, 1.165) is 5.56 Å². The topological polar surface area (TPSA) is 64.6 Å². The van der Waals surface area contributed by atoms with Gasteiger partial charge in [-0.1, -0.05) is 49.4 Å². The van der Waals surface area contributed by atoms with Gasteiger partial charge in [-0.05, 0) is 23.3 Å². The number of ether oxygens (including phenoxy) is 2. The minimum absolute atomic E-state index is 0.0266. The first-order valence-corrected chi connectivity index (χ1v) is 8.04. The molecular weight excluding hydrogens is 344 g/mol. The molecule has 0 saturated carbocycles. The van der Waals surface area contributed by atoms with E-state index < -0.39 is 24.5 Å². The van der Waals surface area contributed by atoms with Gasteiger partial charge in [-0.25, -0.2) is 0 Å². The second-order valence-corrected chi connectivity index (χ2v) is 5.37. The van der Waals surface area contributed by atoms with Crippen molar-refractivity contribution in [2.24, 2.45) is 0 Å². The number of esters is 1. The van der Waals surface area contributed by atoms with Crippen LogP contribution < -0.4 is 10.1 Å². The van der Waals surface area contributed by atoms with Gasteiger partial charge in [0.05, 0.1) is 6.04 Å². The molecule has 0 aliphatic rings. The third kappa shape index (κ3) is 5.84. The van der Waals surface area contributed by atoms with Crippen molar-refractivity contribution in [2.75, 3.05) is 6.61 Å². The molecule has 0 heterocycles. The molecule has 0 radical (unpaired) electrons. The number of carbonyl (C=O) groups is 2. The van der Waals surface area contributed by atoms with Crippen LogP contribution in [0.1, 0.15) is 30.5 Å². The van der Waals surface area contributed by atoms with Crippen molar-refractivity contribution in [1.82, 2.24) is 5.32 Å². The number of halogens is 2. The predicted molar refractivity (Wildman–Crippen MR) is 90.8 cm³/mol. The smallest absolute Gasteiger partial charge is 0.387 e. The second kappa shape index (κ2) is 9.50. The van der Waals surface area contributed by atoms with E-state index in [1.165, 1.54) is 12.1 Å². The zero-order valence-corrected chi connectivity index (χ0v) is 14.2. The highest BCUT2D eigenvalue weighted by Crippen LogP contribution is 2.24. The molecule has 1 atom stereocenters. The molecule has 2 rings (SSSR count). The van der Waals surface area contributed by atoms with Gasteiger partial charge in [0.25, 0.3) is 5.91 Å². The minimum Gasteiger partial charge on any atom is -0.456 e. The average molecular weight is 363 g/mol. The number of amides is 1. The second-order valence-electron chi connectivity index (χ2n) is 5.37. The van der Waals surface area contributed by atoms with E-state index >= 15 is 0 Å². The first-order chi connectivity index (χ1) is 12.5. The van der Waals surface area contributed by atoms with Gasteiger partial charge in [0.2, 0.25) is 0 Å². The molecule has 0 bridgehead atoms. The van der Waals surface area contributed by atoms with E-state index in [-0.39, 0.29) is 18.8 Å². The SMILES string of the molecule is CCC(=O)OCC(=O)N[C@H](c1ccccc1)c1ccc(OC(F)F)cc1. The van der Waals surface area contributed by atoms with Crippen LogP contribution in [-0.4, -0.2) is 25.1 Å². The van der Waals surface area contributed by atoms with Gasteiger partial charge in [-0.3, -0.25) is 9.59 Å². The Morgan fingerprint density at radius 3 is 2.19 bits per heavy atom. The molecule has 26 heavy (non-hydrogen) atoms. The summed E-state index contributed by atoms with van der Waals surface area (Å²) in [6.45, 7) is -1.66. The van der Waals surface area contributed by atoms with E-state index in [4.69, 9.17) is 4.74 Å². The van der Waals surface area contributed by atoms with Crippen molar-refractivity contribution in [3.8, 4) is 5.75 Å². The third-order valence-corrected chi connectivity index (χ3v) is 3.53. The number of benzene rings is 2. The summed E-state index contributed by atoms with van der Waals surface area (Å²) in [5, 5.41) is 2.78. The molecular formula is C19H19F2NO4. The van der Waals surface area contributed by atoms with Crippen LogP contribution in [-0.2, 0) is 14.3 Å². The number of carbonyl (C=O) groups excluding carboxylic acids is 2. The molecule has 0 aliphatic carbocycles. The molecule has 7 heteroatoms. The average Bonchev–Trinajstić information content (AvgIpc) is 2.65. The van der Waals surface area contributed by atoms with Crippen LogP contribution in [0.15, 0.2) is 54.6 Å². The first-order valence-electron chi connectivity index (χ1n) is 8.04. The number of hydrogen-bond donors (Lipinski definition) is 1. The zero-order valence-electron chi connectivity index (χ0n) is 14.2. The quantitative estimate of drug-likeness (QED) is 0.730. The minimum atomic E-state index is -2.90. The van der Waals surface area contributed by atoms with Crippen molar-refractivity contribution in [2.45, 2.75) is 26.0 Å². The Morgan fingerprint density at radius 1 is 1.00 bits per heavy atom. The Kier molecular flexibility index (Phi) is 7.08. The van der Waals surface area contributed by atoms with Crippen molar-refractivity contribution in [1.29, 1.82) is 0 Å². The summed E-state index contributed by atoms with van der Waals surface area (Å²) < 4.78 is 33.7. The maximum Gasteiger partial charge on any atom is 0.387 e. The number of nitrogens with one attached hydrogen (secondary N) is 1. The summed E-state index contributed by atoms with van der Waals surface area (Å²) in [4.78, 5) is 23.3. The molecule has 0 aromatic heterocycles.